The maximum absolute atomic E-state index is 12.3. The van der Waals surface area contributed by atoms with Crippen LogP contribution in [0.15, 0.2) is 29.3 Å². The number of amidine groups is 1. The highest BCUT2D eigenvalue weighted by Crippen LogP contribution is 2.43. The van der Waals surface area contributed by atoms with Crippen molar-refractivity contribution in [3.05, 3.63) is 29.3 Å². The van der Waals surface area contributed by atoms with E-state index in [9.17, 15) is 13.2 Å². The number of hydrogen-bond acceptors (Lipinski definition) is 4. The van der Waals surface area contributed by atoms with Gasteiger partial charge in [-0.1, -0.05) is 49.3 Å². The molecule has 0 N–H and O–H groups in total. The summed E-state index contributed by atoms with van der Waals surface area (Å²) in [7, 11) is -3.08. The minimum absolute atomic E-state index is 0.0619. The molecule has 0 radical (unpaired) electrons. The molecule has 1 aromatic carbocycles. The van der Waals surface area contributed by atoms with Crippen LogP contribution in [0.3, 0.4) is 0 Å². The number of amides is 1. The summed E-state index contributed by atoms with van der Waals surface area (Å²) < 4.78 is 24.0. The van der Waals surface area contributed by atoms with Crippen LogP contribution in [-0.2, 0) is 14.6 Å². The second kappa shape index (κ2) is 6.69. The van der Waals surface area contributed by atoms with E-state index in [1.54, 1.807) is 6.07 Å². The van der Waals surface area contributed by atoms with Gasteiger partial charge in [-0.3, -0.25) is 4.79 Å². The number of fused-ring (bicyclic) bond motifs is 1. The second-order valence-corrected chi connectivity index (χ2v) is 9.93. The number of benzene rings is 1. The van der Waals surface area contributed by atoms with Crippen molar-refractivity contribution < 1.29 is 13.2 Å². The van der Waals surface area contributed by atoms with Crippen LogP contribution in [-0.4, -0.2) is 42.3 Å². The third-order valence-corrected chi connectivity index (χ3v) is 7.95. The summed E-state index contributed by atoms with van der Waals surface area (Å²) in [6, 6.07) is 7.02. The van der Waals surface area contributed by atoms with Crippen LogP contribution in [0.2, 0.25) is 5.02 Å². The predicted octanol–water partition coefficient (Wildman–Crippen LogP) is 2.99. The molecule has 24 heavy (non-hydrogen) atoms. The Balaban J connectivity index is 2.02. The number of halogens is 1. The summed E-state index contributed by atoms with van der Waals surface area (Å²) in [6.45, 7) is 3.79. The summed E-state index contributed by atoms with van der Waals surface area (Å²) in [5.41, 5.74) is 0.701. The monoisotopic (exact) mass is 386 g/mol. The van der Waals surface area contributed by atoms with Gasteiger partial charge < -0.3 is 4.90 Å². The van der Waals surface area contributed by atoms with E-state index in [0.29, 0.717) is 22.3 Å². The molecule has 0 spiro atoms. The van der Waals surface area contributed by atoms with Crippen molar-refractivity contribution in [1.29, 1.82) is 0 Å². The van der Waals surface area contributed by atoms with Crippen LogP contribution in [0.1, 0.15) is 20.3 Å². The summed E-state index contributed by atoms with van der Waals surface area (Å²) in [4.78, 5) is 18.4. The number of carbonyl (C=O) groups excluding carboxylic acids is 1. The standard InChI is InChI=1S/C16H19ClN2O3S2/c1-3-10(2)15(20)18-16-19(12-7-5-4-6-11(12)17)13-8-24(21,22)9-14(13)23-16/h4-7,10,13-14H,3,8-9H2,1-2H3. The first-order valence-electron chi connectivity index (χ1n) is 7.85. The van der Waals surface area contributed by atoms with E-state index in [1.165, 1.54) is 11.8 Å². The number of carbonyl (C=O) groups is 1. The van der Waals surface area contributed by atoms with Gasteiger partial charge in [0.1, 0.15) is 0 Å². The molecule has 2 aliphatic rings. The number of para-hydroxylation sites is 1. The number of thioether (sulfide) groups is 1. The maximum Gasteiger partial charge on any atom is 0.250 e. The van der Waals surface area contributed by atoms with Crippen molar-refractivity contribution in [1.82, 2.24) is 0 Å². The molecule has 3 atom stereocenters. The van der Waals surface area contributed by atoms with Crippen LogP contribution in [0, 0.1) is 5.92 Å². The number of nitrogens with zero attached hydrogens (tertiary/aromatic N) is 2. The quantitative estimate of drug-likeness (QED) is 0.798. The molecule has 5 nitrogen and oxygen atoms in total. The fraction of sp³-hybridized carbons (Fsp3) is 0.500. The van der Waals surface area contributed by atoms with Gasteiger partial charge in [0, 0.05) is 11.2 Å². The molecule has 3 unspecified atom stereocenters. The number of rotatable bonds is 3. The lowest BCUT2D eigenvalue weighted by Gasteiger charge is -2.25. The average molecular weight is 387 g/mol. The third-order valence-electron chi connectivity index (χ3n) is 4.42. The van der Waals surface area contributed by atoms with E-state index in [-0.39, 0.29) is 34.6 Å². The van der Waals surface area contributed by atoms with Crippen LogP contribution < -0.4 is 4.90 Å². The number of anilines is 1. The van der Waals surface area contributed by atoms with E-state index >= 15 is 0 Å². The van der Waals surface area contributed by atoms with Gasteiger partial charge in [-0.25, -0.2) is 8.42 Å². The second-order valence-electron chi connectivity index (χ2n) is 6.16. The molecule has 2 aliphatic heterocycles. The van der Waals surface area contributed by atoms with Crippen LogP contribution in [0.4, 0.5) is 5.69 Å². The fourth-order valence-electron chi connectivity index (χ4n) is 2.87. The first-order chi connectivity index (χ1) is 11.3. The van der Waals surface area contributed by atoms with E-state index in [4.69, 9.17) is 11.6 Å². The highest BCUT2D eigenvalue weighted by molar-refractivity contribution is 8.16. The normalized spacial score (nSPS) is 28.1. The Bertz CT molecular complexity index is 794. The van der Waals surface area contributed by atoms with E-state index in [1.807, 2.05) is 36.9 Å². The van der Waals surface area contributed by atoms with Crippen LogP contribution in [0.5, 0.6) is 0 Å². The van der Waals surface area contributed by atoms with Gasteiger partial charge in [0.2, 0.25) is 0 Å². The Morgan fingerprint density at radius 1 is 1.42 bits per heavy atom. The SMILES string of the molecule is CCC(C)C(=O)N=C1SC2CS(=O)(=O)CC2N1c1ccccc1Cl. The van der Waals surface area contributed by atoms with E-state index in [2.05, 4.69) is 4.99 Å². The van der Waals surface area contributed by atoms with E-state index < -0.39 is 9.84 Å². The van der Waals surface area contributed by atoms with Gasteiger partial charge in [0.05, 0.1) is 28.3 Å². The molecule has 8 heteroatoms. The Kier molecular flexibility index (Phi) is 4.95. The van der Waals surface area contributed by atoms with Crippen molar-refractivity contribution in [3.8, 4) is 0 Å². The number of sulfone groups is 1. The minimum atomic E-state index is -3.08. The Morgan fingerprint density at radius 3 is 2.79 bits per heavy atom. The molecular formula is C16H19ClN2O3S2. The van der Waals surface area contributed by atoms with Crippen molar-refractivity contribution >= 4 is 50.0 Å². The van der Waals surface area contributed by atoms with Crippen molar-refractivity contribution in [2.45, 2.75) is 31.6 Å². The number of aliphatic imine (C=N–C) groups is 1. The molecule has 130 valence electrons. The molecule has 2 saturated heterocycles. The summed E-state index contributed by atoms with van der Waals surface area (Å²) in [6.07, 6.45) is 0.716. The lowest BCUT2D eigenvalue weighted by molar-refractivity contribution is -0.121. The average Bonchev–Trinajstić information content (AvgIpc) is 2.98. The zero-order valence-corrected chi connectivity index (χ0v) is 15.9. The molecule has 1 amide bonds. The molecule has 3 rings (SSSR count). The highest BCUT2D eigenvalue weighted by atomic mass is 35.5. The van der Waals surface area contributed by atoms with Crippen molar-refractivity contribution in [2.24, 2.45) is 10.9 Å². The zero-order chi connectivity index (χ0) is 17.5. The Morgan fingerprint density at radius 2 is 2.12 bits per heavy atom. The molecular weight excluding hydrogens is 368 g/mol. The zero-order valence-electron chi connectivity index (χ0n) is 13.5. The fourth-order valence-corrected chi connectivity index (χ4v) is 7.01. The van der Waals surface area contributed by atoms with Gasteiger partial charge >= 0.3 is 0 Å². The topological polar surface area (TPSA) is 66.8 Å². The summed E-state index contributed by atoms with van der Waals surface area (Å²) in [5, 5.41) is 0.958. The molecule has 0 bridgehead atoms. The van der Waals surface area contributed by atoms with Gasteiger partial charge in [-0.2, -0.15) is 4.99 Å². The lowest BCUT2D eigenvalue weighted by atomic mass is 10.1. The van der Waals surface area contributed by atoms with E-state index in [0.717, 1.165) is 0 Å². The Hall–Kier alpha value is -1.05. The maximum atomic E-state index is 12.3. The summed E-state index contributed by atoms with van der Waals surface area (Å²) in [5.74, 6) is -0.165. The van der Waals surface area contributed by atoms with Gasteiger partial charge in [-0.15, -0.1) is 0 Å². The first-order valence-corrected chi connectivity index (χ1v) is 10.9. The van der Waals surface area contributed by atoms with Crippen molar-refractivity contribution in [2.75, 3.05) is 16.4 Å². The lowest BCUT2D eigenvalue weighted by Crippen LogP contribution is -2.38. The molecule has 0 aliphatic carbocycles. The Labute approximate surface area is 151 Å². The largest absolute Gasteiger partial charge is 0.314 e. The third kappa shape index (κ3) is 3.34. The minimum Gasteiger partial charge on any atom is -0.314 e. The number of hydrogen-bond donors (Lipinski definition) is 0. The molecule has 2 heterocycles. The molecule has 1 aromatic rings. The van der Waals surface area contributed by atoms with Crippen molar-refractivity contribution in [3.63, 3.8) is 0 Å². The van der Waals surface area contributed by atoms with Gasteiger partial charge in [0.15, 0.2) is 15.0 Å². The van der Waals surface area contributed by atoms with Gasteiger partial charge in [-0.05, 0) is 18.6 Å². The molecule has 2 fully saturated rings. The smallest absolute Gasteiger partial charge is 0.250 e. The van der Waals surface area contributed by atoms with Crippen LogP contribution in [0.25, 0.3) is 0 Å². The summed E-state index contributed by atoms with van der Waals surface area (Å²) >= 11 is 7.69. The highest BCUT2D eigenvalue weighted by Gasteiger charge is 2.49. The molecule has 0 aromatic heterocycles. The van der Waals surface area contributed by atoms with Crippen LogP contribution >= 0.6 is 23.4 Å². The predicted molar refractivity (Wildman–Crippen MR) is 99.6 cm³/mol. The van der Waals surface area contributed by atoms with Gasteiger partial charge in [0.25, 0.3) is 5.91 Å². The molecule has 0 saturated carbocycles. The first kappa shape index (κ1) is 17.8.